The van der Waals surface area contributed by atoms with E-state index in [1.54, 1.807) is 0 Å². The van der Waals surface area contributed by atoms with Crippen LogP contribution < -0.4 is 5.32 Å². The summed E-state index contributed by atoms with van der Waals surface area (Å²) in [5, 5.41) is 8.16. The third kappa shape index (κ3) is 4.08. The molecule has 0 fully saturated rings. The number of aromatic nitrogens is 2. The Labute approximate surface area is 137 Å². The molecule has 21 heavy (non-hydrogen) atoms. The summed E-state index contributed by atoms with van der Waals surface area (Å²) in [6.45, 7) is 13.4. The van der Waals surface area contributed by atoms with E-state index >= 15 is 0 Å². The number of nitrogens with zero attached hydrogens (tertiary/aromatic N) is 2. The largest absolute Gasteiger partial charge is 0.373 e. The van der Waals surface area contributed by atoms with Gasteiger partial charge in [-0.15, -0.1) is 0 Å². The van der Waals surface area contributed by atoms with Crippen LogP contribution in [-0.4, -0.2) is 28.5 Å². The van der Waals surface area contributed by atoms with Crippen molar-refractivity contribution in [1.82, 2.24) is 15.1 Å². The summed E-state index contributed by atoms with van der Waals surface area (Å²) in [6, 6.07) is 0.140. The number of hydrogen-bond donors (Lipinski definition) is 1. The van der Waals surface area contributed by atoms with Crippen molar-refractivity contribution in [2.24, 2.45) is 0 Å². The fraction of sp³-hybridized carbons (Fsp3) is 0.812. The molecule has 1 aromatic rings. The Morgan fingerprint density at radius 1 is 1.29 bits per heavy atom. The van der Waals surface area contributed by atoms with Gasteiger partial charge in [0, 0.05) is 13.2 Å². The van der Waals surface area contributed by atoms with Crippen molar-refractivity contribution < 1.29 is 4.74 Å². The molecule has 1 rings (SSSR count). The van der Waals surface area contributed by atoms with Gasteiger partial charge in [0.2, 0.25) is 0 Å². The van der Waals surface area contributed by atoms with Crippen LogP contribution in [0.25, 0.3) is 0 Å². The molecule has 0 spiro atoms. The minimum absolute atomic E-state index is 0.140. The first-order valence-corrected chi connectivity index (χ1v) is 8.97. The van der Waals surface area contributed by atoms with Gasteiger partial charge in [-0.3, -0.25) is 4.68 Å². The predicted octanol–water partition coefficient (Wildman–Crippen LogP) is 4.30. The van der Waals surface area contributed by atoms with Crippen molar-refractivity contribution in [2.75, 3.05) is 13.2 Å². The standard InChI is InChI=1S/C16H30BrN3O/c1-6-11-20-14(13(17)12-19-20)15(18-9-4)16(7-2,8-3)21-10-5/h12,15,18H,6-11H2,1-5H3. The number of halogens is 1. The molecule has 0 aromatic carbocycles. The lowest BCUT2D eigenvalue weighted by Crippen LogP contribution is -2.46. The van der Waals surface area contributed by atoms with Crippen LogP contribution in [0.2, 0.25) is 0 Å². The van der Waals surface area contributed by atoms with E-state index in [0.29, 0.717) is 0 Å². The summed E-state index contributed by atoms with van der Waals surface area (Å²) in [7, 11) is 0. The fourth-order valence-electron chi connectivity index (χ4n) is 3.02. The summed E-state index contributed by atoms with van der Waals surface area (Å²) in [4.78, 5) is 0. The zero-order valence-corrected chi connectivity index (χ0v) is 15.7. The van der Waals surface area contributed by atoms with E-state index in [9.17, 15) is 0 Å². The molecule has 1 unspecified atom stereocenters. The Morgan fingerprint density at radius 3 is 2.43 bits per heavy atom. The topological polar surface area (TPSA) is 39.1 Å². The van der Waals surface area contributed by atoms with Crippen molar-refractivity contribution in [2.45, 2.75) is 72.1 Å². The average molecular weight is 360 g/mol. The molecule has 0 saturated heterocycles. The molecule has 0 aliphatic heterocycles. The van der Waals surface area contributed by atoms with Crippen LogP contribution in [0, 0.1) is 0 Å². The minimum Gasteiger partial charge on any atom is -0.373 e. The molecule has 122 valence electrons. The summed E-state index contributed by atoms with van der Waals surface area (Å²) in [5.74, 6) is 0. The molecule has 0 aliphatic rings. The summed E-state index contributed by atoms with van der Waals surface area (Å²) >= 11 is 3.68. The van der Waals surface area contributed by atoms with Crippen molar-refractivity contribution in [3.8, 4) is 0 Å². The highest BCUT2D eigenvalue weighted by Gasteiger charge is 2.40. The molecule has 0 bridgehead atoms. The second-order valence-corrected chi connectivity index (χ2v) is 6.15. The van der Waals surface area contributed by atoms with Crippen molar-refractivity contribution in [1.29, 1.82) is 0 Å². The first-order valence-electron chi connectivity index (χ1n) is 8.18. The number of hydrogen-bond acceptors (Lipinski definition) is 3. The van der Waals surface area contributed by atoms with Crippen LogP contribution in [0.3, 0.4) is 0 Å². The SMILES string of the molecule is CCCn1ncc(Br)c1C(NCC)C(CC)(CC)OCC. The molecular formula is C16H30BrN3O. The van der Waals surface area contributed by atoms with Crippen LogP contribution >= 0.6 is 15.9 Å². The Morgan fingerprint density at radius 2 is 1.95 bits per heavy atom. The van der Waals surface area contributed by atoms with Crippen LogP contribution in [0.5, 0.6) is 0 Å². The van der Waals surface area contributed by atoms with Crippen LogP contribution in [-0.2, 0) is 11.3 Å². The lowest BCUT2D eigenvalue weighted by Gasteiger charge is -2.40. The Hall–Kier alpha value is -0.390. The van der Waals surface area contributed by atoms with E-state index in [1.807, 2.05) is 6.20 Å². The summed E-state index contributed by atoms with van der Waals surface area (Å²) < 4.78 is 9.40. The molecule has 0 amide bonds. The van der Waals surface area contributed by atoms with E-state index in [4.69, 9.17) is 4.74 Å². The van der Waals surface area contributed by atoms with Gasteiger partial charge in [-0.2, -0.15) is 5.10 Å². The number of likely N-dealkylation sites (N-methyl/N-ethyl adjacent to an activating group) is 1. The second kappa shape index (κ2) is 8.91. The van der Waals surface area contributed by atoms with E-state index in [0.717, 1.165) is 43.4 Å². The first kappa shape index (κ1) is 18.7. The maximum absolute atomic E-state index is 6.23. The second-order valence-electron chi connectivity index (χ2n) is 5.30. The van der Waals surface area contributed by atoms with Crippen LogP contribution in [0.15, 0.2) is 10.7 Å². The lowest BCUT2D eigenvalue weighted by molar-refractivity contribution is -0.0750. The van der Waals surface area contributed by atoms with Gasteiger partial charge in [-0.1, -0.05) is 27.7 Å². The van der Waals surface area contributed by atoms with Crippen molar-refractivity contribution >= 4 is 15.9 Å². The molecule has 1 heterocycles. The molecule has 1 N–H and O–H groups in total. The van der Waals surface area contributed by atoms with Crippen molar-refractivity contribution in [3.05, 3.63) is 16.4 Å². The summed E-state index contributed by atoms with van der Waals surface area (Å²) in [5.41, 5.74) is 1.01. The van der Waals surface area contributed by atoms with E-state index in [-0.39, 0.29) is 11.6 Å². The van der Waals surface area contributed by atoms with Crippen LogP contribution in [0.1, 0.15) is 65.6 Å². The minimum atomic E-state index is -0.196. The molecule has 0 radical (unpaired) electrons. The molecular weight excluding hydrogens is 330 g/mol. The fourth-order valence-corrected chi connectivity index (χ4v) is 3.54. The van der Waals surface area contributed by atoms with Gasteiger partial charge in [0.05, 0.1) is 28.0 Å². The van der Waals surface area contributed by atoms with Gasteiger partial charge in [-0.05, 0) is 48.7 Å². The normalized spacial score (nSPS) is 13.6. The quantitative estimate of drug-likeness (QED) is 0.676. The number of ether oxygens (including phenoxy) is 1. The van der Waals surface area contributed by atoms with Gasteiger partial charge in [0.1, 0.15) is 0 Å². The Kier molecular flexibility index (Phi) is 7.92. The summed E-state index contributed by atoms with van der Waals surface area (Å²) in [6.07, 6.45) is 4.91. The molecule has 1 atom stereocenters. The van der Waals surface area contributed by atoms with Crippen LogP contribution in [0.4, 0.5) is 0 Å². The third-order valence-corrected chi connectivity index (χ3v) is 4.72. The first-order chi connectivity index (χ1) is 10.1. The highest BCUT2D eigenvalue weighted by Crippen LogP contribution is 2.38. The van der Waals surface area contributed by atoms with Gasteiger partial charge in [-0.25, -0.2) is 0 Å². The Bertz CT molecular complexity index is 416. The molecule has 0 saturated carbocycles. The van der Waals surface area contributed by atoms with Gasteiger partial charge in [0.25, 0.3) is 0 Å². The number of nitrogens with one attached hydrogen (secondary N) is 1. The van der Waals surface area contributed by atoms with Gasteiger partial charge in [0.15, 0.2) is 0 Å². The van der Waals surface area contributed by atoms with E-state index in [1.165, 1.54) is 5.69 Å². The predicted molar refractivity (Wildman–Crippen MR) is 91.6 cm³/mol. The molecule has 0 aliphatic carbocycles. The molecule has 1 aromatic heterocycles. The maximum atomic E-state index is 6.23. The number of rotatable bonds is 10. The van der Waals surface area contributed by atoms with E-state index < -0.39 is 0 Å². The zero-order chi connectivity index (χ0) is 15.9. The highest BCUT2D eigenvalue weighted by atomic mass is 79.9. The molecule has 4 nitrogen and oxygen atoms in total. The highest BCUT2D eigenvalue weighted by molar-refractivity contribution is 9.10. The number of aryl methyl sites for hydroxylation is 1. The van der Waals surface area contributed by atoms with Crippen molar-refractivity contribution in [3.63, 3.8) is 0 Å². The maximum Gasteiger partial charge on any atom is 0.0886 e. The Balaban J connectivity index is 3.30. The zero-order valence-electron chi connectivity index (χ0n) is 14.1. The van der Waals surface area contributed by atoms with Gasteiger partial charge >= 0.3 is 0 Å². The van der Waals surface area contributed by atoms with Gasteiger partial charge < -0.3 is 10.1 Å². The molecule has 5 heteroatoms. The third-order valence-electron chi connectivity index (χ3n) is 4.11. The monoisotopic (exact) mass is 359 g/mol. The average Bonchev–Trinajstić information content (AvgIpc) is 2.84. The smallest absolute Gasteiger partial charge is 0.0886 e. The lowest BCUT2D eigenvalue weighted by atomic mass is 9.85. The van der Waals surface area contributed by atoms with E-state index in [2.05, 4.69) is 65.6 Å².